The number of ketones is 1. The minimum absolute atomic E-state index is 0.180. The van der Waals surface area contributed by atoms with Crippen molar-refractivity contribution in [2.75, 3.05) is 20.8 Å². The lowest BCUT2D eigenvalue weighted by Crippen LogP contribution is -2.34. The van der Waals surface area contributed by atoms with Crippen LogP contribution >= 0.6 is 0 Å². The lowest BCUT2D eigenvalue weighted by Gasteiger charge is -2.30. The first-order valence-electron chi connectivity index (χ1n) is 9.37. The fraction of sp³-hybridized carbons (Fsp3) is 0.304. The molecule has 0 spiro atoms. The summed E-state index contributed by atoms with van der Waals surface area (Å²) in [6.07, 6.45) is 1.85. The van der Waals surface area contributed by atoms with Gasteiger partial charge in [0.05, 0.1) is 20.8 Å². The van der Waals surface area contributed by atoms with Gasteiger partial charge in [-0.05, 0) is 60.9 Å². The van der Waals surface area contributed by atoms with Gasteiger partial charge in [-0.2, -0.15) is 0 Å². The van der Waals surface area contributed by atoms with Gasteiger partial charge in [-0.1, -0.05) is 12.1 Å². The molecular weight excluding hydrogens is 375 g/mol. The van der Waals surface area contributed by atoms with Crippen LogP contribution in [-0.2, 0) is 14.3 Å². The van der Waals surface area contributed by atoms with E-state index in [1.807, 2.05) is 0 Å². The molecule has 0 radical (unpaired) electrons. The van der Waals surface area contributed by atoms with E-state index in [4.69, 9.17) is 14.2 Å². The molecule has 2 atom stereocenters. The van der Waals surface area contributed by atoms with E-state index in [0.717, 1.165) is 11.1 Å². The van der Waals surface area contributed by atoms with Crippen LogP contribution in [0.3, 0.4) is 0 Å². The van der Waals surface area contributed by atoms with Crippen molar-refractivity contribution < 1.29 is 28.2 Å². The van der Waals surface area contributed by atoms with Crippen LogP contribution in [0, 0.1) is 11.7 Å². The Kier molecular flexibility index (Phi) is 6.32. The van der Waals surface area contributed by atoms with Gasteiger partial charge in [0.1, 0.15) is 23.2 Å². The maximum Gasteiger partial charge on any atom is 0.317 e. The first-order valence-corrected chi connectivity index (χ1v) is 9.37. The van der Waals surface area contributed by atoms with E-state index in [-0.39, 0.29) is 18.2 Å². The SMILES string of the molecule is CCOC(=O)C1C(=O)C=C(c2ccc(F)cc2)CC1c1cc(OC)ccc1OC. The third-order valence-electron chi connectivity index (χ3n) is 5.06. The zero-order valence-electron chi connectivity index (χ0n) is 16.6. The zero-order chi connectivity index (χ0) is 21.0. The molecule has 2 unspecified atom stereocenters. The van der Waals surface area contributed by atoms with E-state index < -0.39 is 17.8 Å². The third-order valence-corrected chi connectivity index (χ3v) is 5.06. The smallest absolute Gasteiger partial charge is 0.317 e. The number of methoxy groups -OCH3 is 2. The summed E-state index contributed by atoms with van der Waals surface area (Å²) >= 11 is 0. The van der Waals surface area contributed by atoms with Crippen molar-refractivity contribution in [3.05, 3.63) is 65.5 Å². The number of esters is 1. The Balaban J connectivity index is 2.10. The summed E-state index contributed by atoms with van der Waals surface area (Å²) < 4.78 is 29.3. The standard InChI is InChI=1S/C23H23FO5/c1-4-29-23(26)22-19(18-13-17(27-2)9-10-21(18)28-3)11-15(12-20(22)25)14-5-7-16(24)8-6-14/h5-10,12-13,19,22H,4,11H2,1-3H3. The molecule has 2 aromatic rings. The summed E-state index contributed by atoms with van der Waals surface area (Å²) in [5, 5.41) is 0. The molecule has 0 N–H and O–H groups in total. The molecule has 0 heterocycles. The first-order chi connectivity index (χ1) is 14.0. The van der Waals surface area contributed by atoms with Crippen molar-refractivity contribution in [1.82, 2.24) is 0 Å². The number of carbonyl (C=O) groups is 2. The molecule has 0 aromatic heterocycles. The number of carbonyl (C=O) groups excluding carboxylic acids is 2. The summed E-state index contributed by atoms with van der Waals surface area (Å²) in [5.41, 5.74) is 2.14. The van der Waals surface area contributed by atoms with Gasteiger partial charge in [0.2, 0.25) is 0 Å². The van der Waals surface area contributed by atoms with Crippen molar-refractivity contribution in [3.8, 4) is 11.5 Å². The van der Waals surface area contributed by atoms with E-state index in [1.165, 1.54) is 25.3 Å². The average Bonchev–Trinajstić information content (AvgIpc) is 2.73. The first kappa shape index (κ1) is 20.6. The van der Waals surface area contributed by atoms with Crippen LogP contribution in [0.1, 0.15) is 30.4 Å². The summed E-state index contributed by atoms with van der Waals surface area (Å²) in [4.78, 5) is 25.6. The molecule has 1 aliphatic rings. The highest BCUT2D eigenvalue weighted by Crippen LogP contribution is 2.44. The molecule has 29 heavy (non-hydrogen) atoms. The van der Waals surface area contributed by atoms with Gasteiger partial charge in [0.25, 0.3) is 0 Å². The van der Waals surface area contributed by atoms with Crippen molar-refractivity contribution in [2.24, 2.45) is 5.92 Å². The average molecular weight is 398 g/mol. The van der Waals surface area contributed by atoms with E-state index >= 15 is 0 Å². The summed E-state index contributed by atoms with van der Waals surface area (Å²) in [6, 6.07) is 11.2. The monoisotopic (exact) mass is 398 g/mol. The maximum atomic E-state index is 13.3. The Morgan fingerprint density at radius 2 is 1.83 bits per heavy atom. The lowest BCUT2D eigenvalue weighted by molar-refractivity contribution is -0.151. The number of benzene rings is 2. The molecule has 0 amide bonds. The number of allylic oxidation sites excluding steroid dienone is 2. The van der Waals surface area contributed by atoms with Crippen LogP contribution in [0.2, 0.25) is 0 Å². The fourth-order valence-corrected chi connectivity index (χ4v) is 3.67. The second kappa shape index (κ2) is 8.90. The zero-order valence-corrected chi connectivity index (χ0v) is 16.6. The Morgan fingerprint density at radius 1 is 1.10 bits per heavy atom. The van der Waals surface area contributed by atoms with Crippen LogP contribution in [0.4, 0.5) is 4.39 Å². The number of hydrogen-bond acceptors (Lipinski definition) is 5. The molecule has 5 nitrogen and oxygen atoms in total. The van der Waals surface area contributed by atoms with Gasteiger partial charge in [-0.3, -0.25) is 9.59 Å². The third kappa shape index (κ3) is 4.31. The molecule has 3 rings (SSSR count). The van der Waals surface area contributed by atoms with E-state index in [1.54, 1.807) is 44.4 Å². The molecule has 152 valence electrons. The highest BCUT2D eigenvalue weighted by atomic mass is 19.1. The molecule has 0 fully saturated rings. The van der Waals surface area contributed by atoms with Gasteiger partial charge in [-0.25, -0.2) is 4.39 Å². The normalized spacial score (nSPS) is 18.8. The van der Waals surface area contributed by atoms with E-state index in [9.17, 15) is 14.0 Å². The number of hydrogen-bond donors (Lipinski definition) is 0. The van der Waals surface area contributed by atoms with Crippen LogP contribution in [-0.4, -0.2) is 32.6 Å². The predicted molar refractivity (Wildman–Crippen MR) is 106 cm³/mol. The summed E-state index contributed by atoms with van der Waals surface area (Å²) in [6.45, 7) is 1.88. The second-order valence-electron chi connectivity index (χ2n) is 6.73. The van der Waals surface area contributed by atoms with Gasteiger partial charge in [0, 0.05) is 11.5 Å². The molecule has 1 aliphatic carbocycles. The Morgan fingerprint density at radius 3 is 2.45 bits per heavy atom. The fourth-order valence-electron chi connectivity index (χ4n) is 3.67. The Bertz CT molecular complexity index is 933. The second-order valence-corrected chi connectivity index (χ2v) is 6.73. The van der Waals surface area contributed by atoms with E-state index in [2.05, 4.69) is 0 Å². The van der Waals surface area contributed by atoms with Gasteiger partial charge < -0.3 is 14.2 Å². The van der Waals surface area contributed by atoms with Gasteiger partial charge in [-0.15, -0.1) is 0 Å². The van der Waals surface area contributed by atoms with Crippen molar-refractivity contribution in [2.45, 2.75) is 19.3 Å². The van der Waals surface area contributed by atoms with Crippen LogP contribution in [0.5, 0.6) is 11.5 Å². The van der Waals surface area contributed by atoms with Crippen molar-refractivity contribution in [1.29, 1.82) is 0 Å². The molecule has 0 aliphatic heterocycles. The Labute approximate surface area is 169 Å². The summed E-state index contributed by atoms with van der Waals surface area (Å²) in [5.74, 6) is -1.61. The predicted octanol–water partition coefficient (Wildman–Crippen LogP) is 4.16. The number of halogens is 1. The lowest BCUT2D eigenvalue weighted by atomic mass is 9.73. The number of ether oxygens (including phenoxy) is 3. The number of rotatable bonds is 6. The molecular formula is C23H23FO5. The maximum absolute atomic E-state index is 13.3. The molecule has 0 bridgehead atoms. The minimum atomic E-state index is -0.986. The minimum Gasteiger partial charge on any atom is -0.497 e. The molecule has 2 aromatic carbocycles. The van der Waals surface area contributed by atoms with Gasteiger partial charge in [0.15, 0.2) is 5.78 Å². The van der Waals surface area contributed by atoms with Crippen molar-refractivity contribution >= 4 is 17.3 Å². The molecule has 0 saturated heterocycles. The van der Waals surface area contributed by atoms with Gasteiger partial charge >= 0.3 is 5.97 Å². The van der Waals surface area contributed by atoms with E-state index in [0.29, 0.717) is 23.5 Å². The van der Waals surface area contributed by atoms with Crippen LogP contribution < -0.4 is 9.47 Å². The topological polar surface area (TPSA) is 61.8 Å². The summed E-state index contributed by atoms with van der Waals surface area (Å²) in [7, 11) is 3.08. The van der Waals surface area contributed by atoms with Crippen molar-refractivity contribution in [3.63, 3.8) is 0 Å². The largest absolute Gasteiger partial charge is 0.497 e. The molecule has 6 heteroatoms. The molecule has 0 saturated carbocycles. The highest BCUT2D eigenvalue weighted by molar-refractivity contribution is 6.10. The quantitative estimate of drug-likeness (QED) is 0.540. The highest BCUT2D eigenvalue weighted by Gasteiger charge is 2.41. The Hall–Kier alpha value is -3.15. The van der Waals surface area contributed by atoms with Crippen LogP contribution in [0.25, 0.3) is 5.57 Å². The van der Waals surface area contributed by atoms with Crippen LogP contribution in [0.15, 0.2) is 48.5 Å².